The SMILES string of the molecule is Cc1ccc2c(c1)[C@@H](NC(=O)CN(c1ccccc1C)S(C)(=O)=O)CC(C)(C)O2. The van der Waals surface area contributed by atoms with Crippen LogP contribution in [0.25, 0.3) is 0 Å². The monoisotopic (exact) mass is 416 g/mol. The molecule has 0 aliphatic carbocycles. The fourth-order valence-corrected chi connectivity index (χ4v) is 4.61. The van der Waals surface area contributed by atoms with E-state index in [2.05, 4.69) is 5.32 Å². The molecule has 7 heteroatoms. The molecule has 2 aromatic carbocycles. The summed E-state index contributed by atoms with van der Waals surface area (Å²) >= 11 is 0. The maximum Gasteiger partial charge on any atom is 0.241 e. The van der Waals surface area contributed by atoms with E-state index >= 15 is 0 Å². The highest BCUT2D eigenvalue weighted by molar-refractivity contribution is 7.92. The van der Waals surface area contributed by atoms with Gasteiger partial charge in [-0.25, -0.2) is 8.42 Å². The van der Waals surface area contributed by atoms with Crippen LogP contribution in [0.3, 0.4) is 0 Å². The van der Waals surface area contributed by atoms with Crippen LogP contribution in [0.5, 0.6) is 5.75 Å². The number of hydrogen-bond donors (Lipinski definition) is 1. The average Bonchev–Trinajstić information content (AvgIpc) is 2.59. The molecule has 1 aliphatic rings. The fraction of sp³-hybridized carbons (Fsp3) is 0.409. The molecule has 0 unspecified atom stereocenters. The molecule has 0 spiro atoms. The van der Waals surface area contributed by atoms with Crippen molar-refractivity contribution >= 4 is 21.6 Å². The van der Waals surface area contributed by atoms with Crippen LogP contribution >= 0.6 is 0 Å². The highest BCUT2D eigenvalue weighted by Crippen LogP contribution is 2.39. The van der Waals surface area contributed by atoms with E-state index in [9.17, 15) is 13.2 Å². The van der Waals surface area contributed by atoms with Gasteiger partial charge in [0.2, 0.25) is 15.9 Å². The Morgan fingerprint density at radius 3 is 2.55 bits per heavy atom. The average molecular weight is 417 g/mol. The molecule has 29 heavy (non-hydrogen) atoms. The summed E-state index contributed by atoms with van der Waals surface area (Å²) in [6.07, 6.45) is 1.71. The molecule has 0 saturated heterocycles. The highest BCUT2D eigenvalue weighted by Gasteiger charge is 2.35. The standard InChI is InChI=1S/C22H28N2O4S/c1-15-10-11-20-17(12-15)18(13-22(3,4)28-20)23-21(25)14-24(29(5,26)27)19-9-7-6-8-16(19)2/h6-12,18H,13-14H2,1-5H3,(H,23,25)/t18-/m0/s1. The number of hydrogen-bond acceptors (Lipinski definition) is 4. The summed E-state index contributed by atoms with van der Waals surface area (Å²) in [4.78, 5) is 12.9. The van der Waals surface area contributed by atoms with Crippen molar-refractivity contribution in [3.63, 3.8) is 0 Å². The van der Waals surface area contributed by atoms with Crippen molar-refractivity contribution in [1.29, 1.82) is 0 Å². The smallest absolute Gasteiger partial charge is 0.241 e. The molecule has 1 amide bonds. The zero-order valence-electron chi connectivity index (χ0n) is 17.5. The normalized spacial score (nSPS) is 17.8. The fourth-order valence-electron chi connectivity index (χ4n) is 3.70. The van der Waals surface area contributed by atoms with E-state index in [1.807, 2.05) is 58.0 Å². The summed E-state index contributed by atoms with van der Waals surface area (Å²) in [5, 5.41) is 3.02. The predicted molar refractivity (Wildman–Crippen MR) is 115 cm³/mol. The third-order valence-electron chi connectivity index (χ3n) is 5.03. The minimum absolute atomic E-state index is 0.251. The number of benzene rings is 2. The number of ether oxygens (including phenoxy) is 1. The molecule has 1 N–H and O–H groups in total. The molecule has 0 radical (unpaired) electrons. The quantitative estimate of drug-likeness (QED) is 0.810. The van der Waals surface area contributed by atoms with E-state index < -0.39 is 15.6 Å². The van der Waals surface area contributed by atoms with Crippen LogP contribution in [-0.4, -0.2) is 32.7 Å². The van der Waals surface area contributed by atoms with Gasteiger partial charge in [-0.05, 0) is 45.4 Å². The van der Waals surface area contributed by atoms with Gasteiger partial charge in [-0.1, -0.05) is 35.9 Å². The molecule has 1 heterocycles. The van der Waals surface area contributed by atoms with Crippen LogP contribution in [0.1, 0.15) is 43.0 Å². The van der Waals surface area contributed by atoms with Gasteiger partial charge >= 0.3 is 0 Å². The second-order valence-electron chi connectivity index (χ2n) is 8.28. The van der Waals surface area contributed by atoms with Crippen LogP contribution in [-0.2, 0) is 14.8 Å². The topological polar surface area (TPSA) is 75.7 Å². The van der Waals surface area contributed by atoms with E-state index in [1.165, 1.54) is 0 Å². The van der Waals surface area contributed by atoms with Crippen molar-refractivity contribution in [3.8, 4) is 5.75 Å². The first-order chi connectivity index (χ1) is 13.5. The first kappa shape index (κ1) is 21.2. The molecule has 1 atom stereocenters. The zero-order chi connectivity index (χ0) is 21.4. The van der Waals surface area contributed by atoms with E-state index in [-0.39, 0.29) is 18.5 Å². The van der Waals surface area contributed by atoms with Gasteiger partial charge in [-0.2, -0.15) is 0 Å². The van der Waals surface area contributed by atoms with E-state index in [1.54, 1.807) is 12.1 Å². The lowest BCUT2D eigenvalue weighted by Crippen LogP contribution is -2.45. The first-order valence-electron chi connectivity index (χ1n) is 9.58. The van der Waals surface area contributed by atoms with Gasteiger partial charge in [0.25, 0.3) is 0 Å². The Morgan fingerprint density at radius 1 is 1.21 bits per heavy atom. The number of aryl methyl sites for hydroxylation is 2. The van der Waals surface area contributed by atoms with Crippen LogP contribution in [0.2, 0.25) is 0 Å². The Morgan fingerprint density at radius 2 is 1.90 bits per heavy atom. The summed E-state index contributed by atoms with van der Waals surface area (Å²) in [7, 11) is -3.62. The van der Waals surface area contributed by atoms with Crippen molar-refractivity contribution in [2.75, 3.05) is 17.1 Å². The van der Waals surface area contributed by atoms with Gasteiger partial charge in [-0.3, -0.25) is 9.10 Å². The highest BCUT2D eigenvalue weighted by atomic mass is 32.2. The molecule has 0 saturated carbocycles. The molecule has 3 rings (SSSR count). The molecular weight excluding hydrogens is 388 g/mol. The summed E-state index contributed by atoms with van der Waals surface area (Å²) in [5.41, 5.74) is 2.85. The maximum atomic E-state index is 12.9. The first-order valence-corrected chi connectivity index (χ1v) is 11.4. The Labute approximate surface area is 172 Å². The largest absolute Gasteiger partial charge is 0.487 e. The maximum absolute atomic E-state index is 12.9. The summed E-state index contributed by atoms with van der Waals surface area (Å²) in [6.45, 7) is 7.49. The van der Waals surface area contributed by atoms with Crippen molar-refractivity contribution in [2.45, 2.75) is 45.8 Å². The van der Waals surface area contributed by atoms with Crippen molar-refractivity contribution in [3.05, 3.63) is 59.2 Å². The summed E-state index contributed by atoms with van der Waals surface area (Å²) < 4.78 is 32.0. The lowest BCUT2D eigenvalue weighted by atomic mass is 9.89. The van der Waals surface area contributed by atoms with Gasteiger partial charge < -0.3 is 10.1 Å². The number of sulfonamides is 1. The van der Waals surface area contributed by atoms with Crippen molar-refractivity contribution in [1.82, 2.24) is 5.32 Å². The minimum Gasteiger partial charge on any atom is -0.487 e. The van der Waals surface area contributed by atoms with Crippen LogP contribution in [0.15, 0.2) is 42.5 Å². The van der Waals surface area contributed by atoms with Crippen molar-refractivity contribution < 1.29 is 17.9 Å². The molecule has 0 aromatic heterocycles. The number of rotatable bonds is 5. The predicted octanol–water partition coefficient (Wildman–Crippen LogP) is 3.49. The second kappa shape index (κ2) is 7.71. The molecule has 2 aromatic rings. The lowest BCUT2D eigenvalue weighted by molar-refractivity contribution is -0.120. The number of carbonyl (C=O) groups excluding carboxylic acids is 1. The molecule has 0 fully saturated rings. The van der Waals surface area contributed by atoms with Crippen LogP contribution < -0.4 is 14.4 Å². The van der Waals surface area contributed by atoms with Gasteiger partial charge in [0, 0.05) is 12.0 Å². The van der Waals surface area contributed by atoms with Crippen LogP contribution in [0, 0.1) is 13.8 Å². The zero-order valence-corrected chi connectivity index (χ0v) is 18.3. The number of nitrogens with one attached hydrogen (secondary N) is 1. The van der Waals surface area contributed by atoms with Crippen molar-refractivity contribution in [2.24, 2.45) is 0 Å². The molecule has 6 nitrogen and oxygen atoms in total. The van der Waals surface area contributed by atoms with Gasteiger partial charge in [0.05, 0.1) is 18.0 Å². The molecule has 1 aliphatic heterocycles. The molecular formula is C22H28N2O4S. The third kappa shape index (κ3) is 4.90. The Kier molecular flexibility index (Phi) is 5.63. The Hall–Kier alpha value is -2.54. The van der Waals surface area contributed by atoms with Gasteiger partial charge in [-0.15, -0.1) is 0 Å². The van der Waals surface area contributed by atoms with Gasteiger partial charge in [0.1, 0.15) is 17.9 Å². The number of anilines is 1. The molecule has 0 bridgehead atoms. The minimum atomic E-state index is -3.62. The Balaban J connectivity index is 1.86. The van der Waals surface area contributed by atoms with E-state index in [0.29, 0.717) is 12.1 Å². The molecule has 156 valence electrons. The van der Waals surface area contributed by atoms with Gasteiger partial charge in [0.15, 0.2) is 0 Å². The van der Waals surface area contributed by atoms with Crippen LogP contribution in [0.4, 0.5) is 5.69 Å². The number of amides is 1. The number of carbonyl (C=O) groups is 1. The number of nitrogens with zero attached hydrogens (tertiary/aromatic N) is 1. The van der Waals surface area contributed by atoms with E-state index in [4.69, 9.17) is 4.74 Å². The third-order valence-corrected chi connectivity index (χ3v) is 6.16. The number of fused-ring (bicyclic) bond motifs is 1. The second-order valence-corrected chi connectivity index (χ2v) is 10.2. The summed E-state index contributed by atoms with van der Waals surface area (Å²) in [6, 6.07) is 12.8. The Bertz CT molecular complexity index is 1030. The lowest BCUT2D eigenvalue weighted by Gasteiger charge is -2.38. The number of para-hydroxylation sites is 1. The van der Waals surface area contributed by atoms with E-state index in [0.717, 1.165) is 33.0 Å². The summed E-state index contributed by atoms with van der Waals surface area (Å²) in [5.74, 6) is 0.393.